The Morgan fingerprint density at radius 1 is 1.47 bits per heavy atom. The van der Waals surface area contributed by atoms with E-state index in [4.69, 9.17) is 4.52 Å². The molecule has 2 bridgehead atoms. The van der Waals surface area contributed by atoms with Gasteiger partial charge in [0.05, 0.1) is 12.2 Å². The minimum Gasteiger partial charge on any atom is -0.359 e. The Balaban J connectivity index is 1.44. The summed E-state index contributed by atoms with van der Waals surface area (Å²) < 4.78 is 5.07. The highest BCUT2D eigenvalue weighted by Gasteiger charge is 2.34. The Bertz CT molecular complexity index is 445. The van der Waals surface area contributed by atoms with Crippen LogP contribution in [0.1, 0.15) is 43.6 Å². The Morgan fingerprint density at radius 2 is 2.21 bits per heavy atom. The van der Waals surface area contributed by atoms with Gasteiger partial charge in [-0.3, -0.25) is 4.79 Å². The molecule has 3 heterocycles. The lowest BCUT2D eigenvalue weighted by Crippen LogP contribution is -2.39. The van der Waals surface area contributed by atoms with Gasteiger partial charge in [-0.1, -0.05) is 5.16 Å². The van der Waals surface area contributed by atoms with Crippen LogP contribution in [0.25, 0.3) is 0 Å². The maximum absolute atomic E-state index is 11.9. The zero-order valence-electron chi connectivity index (χ0n) is 11.3. The van der Waals surface area contributed by atoms with Crippen molar-refractivity contribution in [2.45, 2.75) is 57.7 Å². The second kappa shape index (κ2) is 5.33. The number of carbonyl (C=O) groups is 1. The monoisotopic (exact) mass is 263 g/mol. The van der Waals surface area contributed by atoms with Crippen molar-refractivity contribution in [2.24, 2.45) is 5.92 Å². The zero-order chi connectivity index (χ0) is 13.2. The Morgan fingerprint density at radius 3 is 2.84 bits per heavy atom. The van der Waals surface area contributed by atoms with Crippen molar-refractivity contribution in [3.05, 3.63) is 17.5 Å². The molecule has 5 nitrogen and oxygen atoms in total. The molecule has 2 fully saturated rings. The minimum absolute atomic E-state index is 0.125. The van der Waals surface area contributed by atoms with Gasteiger partial charge in [-0.05, 0) is 38.5 Å². The number of carbonyl (C=O) groups excluding carboxylic acids is 1. The van der Waals surface area contributed by atoms with Crippen molar-refractivity contribution in [1.29, 1.82) is 0 Å². The number of piperidine rings is 1. The first-order valence-electron chi connectivity index (χ1n) is 7.14. The molecule has 3 rings (SSSR count). The van der Waals surface area contributed by atoms with E-state index in [1.54, 1.807) is 0 Å². The summed E-state index contributed by atoms with van der Waals surface area (Å²) in [5.74, 6) is 1.38. The number of fused-ring (bicyclic) bond motifs is 2. The molecule has 2 aliphatic rings. The number of hydrogen-bond acceptors (Lipinski definition) is 4. The lowest BCUT2D eigenvalue weighted by atomic mass is 9.89. The van der Waals surface area contributed by atoms with Crippen LogP contribution in [0.5, 0.6) is 0 Å². The predicted octanol–water partition coefficient (Wildman–Crippen LogP) is 1.52. The van der Waals surface area contributed by atoms with E-state index in [0.717, 1.165) is 24.3 Å². The fourth-order valence-electron chi connectivity index (χ4n) is 3.36. The van der Waals surface area contributed by atoms with Gasteiger partial charge >= 0.3 is 0 Å². The summed E-state index contributed by atoms with van der Waals surface area (Å²) in [7, 11) is 0. The van der Waals surface area contributed by atoms with E-state index in [9.17, 15) is 4.79 Å². The lowest BCUT2D eigenvalue weighted by molar-refractivity contribution is -0.122. The summed E-state index contributed by atoms with van der Waals surface area (Å²) in [6, 6.07) is 3.15. The molecule has 2 atom stereocenters. The number of amides is 1. The molecule has 0 aliphatic carbocycles. The average molecular weight is 263 g/mol. The number of hydrogen-bond donors (Lipinski definition) is 2. The summed E-state index contributed by atoms with van der Waals surface area (Å²) >= 11 is 0. The Kier molecular flexibility index (Phi) is 3.55. The van der Waals surface area contributed by atoms with Gasteiger partial charge in [0.25, 0.3) is 0 Å². The van der Waals surface area contributed by atoms with Gasteiger partial charge in [0.15, 0.2) is 5.76 Å². The number of aromatic nitrogens is 1. The molecule has 2 saturated heterocycles. The largest absolute Gasteiger partial charge is 0.359 e. The molecule has 0 aromatic carbocycles. The average Bonchev–Trinajstić information content (AvgIpc) is 2.93. The number of rotatable bonds is 4. The van der Waals surface area contributed by atoms with E-state index in [-0.39, 0.29) is 5.91 Å². The van der Waals surface area contributed by atoms with E-state index >= 15 is 0 Å². The van der Waals surface area contributed by atoms with Crippen LogP contribution in [0.2, 0.25) is 0 Å². The van der Waals surface area contributed by atoms with Crippen LogP contribution in [0, 0.1) is 12.8 Å². The van der Waals surface area contributed by atoms with E-state index < -0.39 is 0 Å². The quantitative estimate of drug-likeness (QED) is 0.864. The summed E-state index contributed by atoms with van der Waals surface area (Å²) in [6.07, 6.45) is 5.48. The van der Waals surface area contributed by atoms with Crippen molar-refractivity contribution in [3.8, 4) is 0 Å². The SMILES string of the molecule is Cc1cc(CNC(=O)CC2CC3CCC(C2)N3)on1. The zero-order valence-corrected chi connectivity index (χ0v) is 11.3. The Hall–Kier alpha value is -1.36. The molecule has 1 amide bonds. The van der Waals surface area contributed by atoms with Gasteiger partial charge in [-0.15, -0.1) is 0 Å². The first kappa shape index (κ1) is 12.7. The molecule has 2 N–H and O–H groups in total. The molecule has 0 saturated carbocycles. The van der Waals surface area contributed by atoms with Gasteiger partial charge in [-0.25, -0.2) is 0 Å². The highest BCUT2D eigenvalue weighted by molar-refractivity contribution is 5.76. The van der Waals surface area contributed by atoms with Crippen LogP contribution in [0.3, 0.4) is 0 Å². The number of nitrogens with one attached hydrogen (secondary N) is 2. The third-order valence-corrected chi connectivity index (χ3v) is 4.18. The van der Waals surface area contributed by atoms with Gasteiger partial charge < -0.3 is 15.2 Å². The highest BCUT2D eigenvalue weighted by Crippen LogP contribution is 2.32. The second-order valence-electron chi connectivity index (χ2n) is 5.89. The topological polar surface area (TPSA) is 67.2 Å². The standard InChI is InChI=1S/C14H21N3O2/c1-9-4-13(19-17-9)8-15-14(18)7-10-5-11-2-3-12(6-10)16-11/h4,10-12,16H,2-3,5-8H2,1H3,(H,15,18). The van der Waals surface area contributed by atoms with Crippen molar-refractivity contribution >= 4 is 5.91 Å². The van der Waals surface area contributed by atoms with Crippen LogP contribution in [-0.4, -0.2) is 23.1 Å². The summed E-state index contributed by atoms with van der Waals surface area (Å²) in [5, 5.41) is 10.3. The molecular weight excluding hydrogens is 242 g/mol. The van der Waals surface area contributed by atoms with Gasteiger partial charge in [-0.2, -0.15) is 0 Å². The molecule has 1 aromatic heterocycles. The van der Waals surface area contributed by atoms with Crippen molar-refractivity contribution in [1.82, 2.24) is 15.8 Å². The van der Waals surface area contributed by atoms with E-state index in [2.05, 4.69) is 15.8 Å². The minimum atomic E-state index is 0.125. The second-order valence-corrected chi connectivity index (χ2v) is 5.89. The molecule has 1 aromatic rings. The summed E-state index contributed by atoms with van der Waals surface area (Å²) in [4.78, 5) is 11.9. The first-order chi connectivity index (χ1) is 9.19. The van der Waals surface area contributed by atoms with E-state index in [1.807, 2.05) is 13.0 Å². The van der Waals surface area contributed by atoms with Crippen LogP contribution in [0.15, 0.2) is 10.6 Å². The molecule has 2 aliphatic heterocycles. The molecule has 0 spiro atoms. The molecule has 5 heteroatoms. The maximum atomic E-state index is 11.9. The fraction of sp³-hybridized carbons (Fsp3) is 0.714. The van der Waals surface area contributed by atoms with E-state index in [0.29, 0.717) is 31.0 Å². The van der Waals surface area contributed by atoms with E-state index in [1.165, 1.54) is 12.8 Å². The van der Waals surface area contributed by atoms with Gasteiger partial charge in [0.2, 0.25) is 5.91 Å². The van der Waals surface area contributed by atoms with Crippen LogP contribution in [0.4, 0.5) is 0 Å². The molecular formula is C14H21N3O2. The normalized spacial score (nSPS) is 29.4. The predicted molar refractivity (Wildman–Crippen MR) is 70.4 cm³/mol. The summed E-state index contributed by atoms with van der Waals surface area (Å²) in [6.45, 7) is 2.32. The van der Waals surface area contributed by atoms with Gasteiger partial charge in [0, 0.05) is 24.6 Å². The highest BCUT2D eigenvalue weighted by atomic mass is 16.5. The first-order valence-corrected chi connectivity index (χ1v) is 7.14. The van der Waals surface area contributed by atoms with Crippen molar-refractivity contribution in [3.63, 3.8) is 0 Å². The molecule has 104 valence electrons. The summed E-state index contributed by atoms with van der Waals surface area (Å²) in [5.41, 5.74) is 0.846. The van der Waals surface area contributed by atoms with Crippen molar-refractivity contribution in [2.75, 3.05) is 0 Å². The van der Waals surface area contributed by atoms with Crippen molar-refractivity contribution < 1.29 is 9.32 Å². The number of nitrogens with zero attached hydrogens (tertiary/aromatic N) is 1. The fourth-order valence-corrected chi connectivity index (χ4v) is 3.36. The van der Waals surface area contributed by atoms with Crippen LogP contribution >= 0.6 is 0 Å². The smallest absolute Gasteiger partial charge is 0.220 e. The molecule has 0 radical (unpaired) electrons. The van der Waals surface area contributed by atoms with Crippen LogP contribution in [-0.2, 0) is 11.3 Å². The Labute approximate surface area is 113 Å². The maximum Gasteiger partial charge on any atom is 0.220 e. The van der Waals surface area contributed by atoms with Gasteiger partial charge in [0.1, 0.15) is 0 Å². The number of aryl methyl sites for hydroxylation is 1. The lowest BCUT2D eigenvalue weighted by Gasteiger charge is -2.28. The third-order valence-electron chi connectivity index (χ3n) is 4.18. The molecule has 19 heavy (non-hydrogen) atoms. The molecule has 2 unspecified atom stereocenters. The third kappa shape index (κ3) is 3.15. The van der Waals surface area contributed by atoms with Crippen LogP contribution < -0.4 is 10.6 Å².